The molecule has 40 heavy (non-hydrogen) atoms. The SMILES string of the molecule is COc1ccccc1CN1CC[C@@H](OCc2ccccn2)[C@H]2OCC[C@@H]21.O=C(O)C(F)(F)F.O=C(O)C(F)(F)F. The van der Waals surface area contributed by atoms with Gasteiger partial charge in [-0.2, -0.15) is 26.3 Å². The number of hydrogen-bond donors (Lipinski definition) is 2. The van der Waals surface area contributed by atoms with Gasteiger partial charge in [-0.15, -0.1) is 0 Å². The van der Waals surface area contributed by atoms with E-state index in [2.05, 4.69) is 22.0 Å². The van der Waals surface area contributed by atoms with E-state index in [0.717, 1.165) is 44.0 Å². The summed E-state index contributed by atoms with van der Waals surface area (Å²) in [6.45, 7) is 3.25. The number of fused-ring (bicyclic) bond motifs is 1. The van der Waals surface area contributed by atoms with E-state index in [1.165, 1.54) is 5.56 Å². The molecule has 0 amide bonds. The monoisotopic (exact) mass is 582 g/mol. The molecule has 0 saturated carbocycles. The molecular weight excluding hydrogens is 554 g/mol. The number of carbonyl (C=O) groups is 2. The smallest absolute Gasteiger partial charge is 0.490 e. The zero-order chi connectivity index (χ0) is 29.9. The van der Waals surface area contributed by atoms with Crippen LogP contribution in [0.2, 0.25) is 0 Å². The third kappa shape index (κ3) is 10.3. The normalized spacial score (nSPS) is 20.7. The first-order valence-corrected chi connectivity index (χ1v) is 11.8. The third-order valence-electron chi connectivity index (χ3n) is 5.86. The number of benzene rings is 1. The number of carboxylic acid groups (broad SMARTS) is 2. The van der Waals surface area contributed by atoms with E-state index < -0.39 is 24.3 Å². The van der Waals surface area contributed by atoms with E-state index in [-0.39, 0.29) is 12.2 Å². The molecule has 1 aromatic carbocycles. The number of halogens is 6. The van der Waals surface area contributed by atoms with Crippen molar-refractivity contribution >= 4 is 11.9 Å². The molecule has 0 bridgehead atoms. The van der Waals surface area contributed by atoms with Gasteiger partial charge in [0.1, 0.15) is 5.75 Å². The Hall–Kier alpha value is -3.43. The number of aliphatic carboxylic acids is 2. The van der Waals surface area contributed by atoms with Gasteiger partial charge >= 0.3 is 24.3 Å². The van der Waals surface area contributed by atoms with E-state index in [9.17, 15) is 26.3 Å². The molecule has 2 fully saturated rings. The van der Waals surface area contributed by atoms with Crippen LogP contribution in [0.4, 0.5) is 26.3 Å². The number of rotatable bonds is 6. The average molecular weight is 582 g/mol. The van der Waals surface area contributed by atoms with Crippen LogP contribution in [0.5, 0.6) is 5.75 Å². The van der Waals surface area contributed by atoms with Crippen LogP contribution in [-0.2, 0) is 32.2 Å². The van der Waals surface area contributed by atoms with Gasteiger partial charge in [-0.1, -0.05) is 24.3 Å². The number of pyridine rings is 1. The summed E-state index contributed by atoms with van der Waals surface area (Å²) in [4.78, 5) is 24.7. The lowest BCUT2D eigenvalue weighted by atomic mass is 9.95. The second-order valence-corrected chi connectivity index (χ2v) is 8.54. The summed E-state index contributed by atoms with van der Waals surface area (Å²) < 4.78 is 81.2. The van der Waals surface area contributed by atoms with Crippen LogP contribution in [0.15, 0.2) is 48.7 Å². The van der Waals surface area contributed by atoms with E-state index in [1.807, 2.05) is 36.5 Å². The van der Waals surface area contributed by atoms with Gasteiger partial charge in [0, 0.05) is 37.5 Å². The number of hydrogen-bond acceptors (Lipinski definition) is 7. The number of likely N-dealkylation sites (tertiary alicyclic amines) is 1. The lowest BCUT2D eigenvalue weighted by Crippen LogP contribution is -2.52. The highest BCUT2D eigenvalue weighted by Crippen LogP contribution is 2.33. The molecule has 2 N–H and O–H groups in total. The summed E-state index contributed by atoms with van der Waals surface area (Å²) in [7, 11) is 1.73. The minimum Gasteiger partial charge on any atom is -0.496 e. The van der Waals surface area contributed by atoms with Gasteiger partial charge in [-0.05, 0) is 31.0 Å². The maximum absolute atomic E-state index is 10.6. The summed E-state index contributed by atoms with van der Waals surface area (Å²) in [5.74, 6) is -4.56. The van der Waals surface area contributed by atoms with Gasteiger partial charge < -0.3 is 24.4 Å². The fraction of sp³-hybridized carbons (Fsp3) is 0.480. The molecule has 9 nitrogen and oxygen atoms in total. The van der Waals surface area contributed by atoms with Crippen molar-refractivity contribution in [1.29, 1.82) is 0 Å². The number of carboxylic acids is 2. The Bertz CT molecular complexity index is 1060. The molecule has 0 aliphatic carbocycles. The number of para-hydroxylation sites is 1. The van der Waals surface area contributed by atoms with Gasteiger partial charge in [-0.25, -0.2) is 9.59 Å². The Labute approximate surface area is 225 Å². The quantitative estimate of drug-likeness (QED) is 0.481. The molecule has 2 saturated heterocycles. The van der Waals surface area contributed by atoms with Crippen LogP contribution >= 0.6 is 0 Å². The number of piperidine rings is 1. The van der Waals surface area contributed by atoms with Crippen molar-refractivity contribution in [3.05, 3.63) is 59.9 Å². The molecule has 222 valence electrons. The van der Waals surface area contributed by atoms with Crippen LogP contribution in [0.1, 0.15) is 24.1 Å². The van der Waals surface area contributed by atoms with Gasteiger partial charge in [-0.3, -0.25) is 9.88 Å². The molecule has 4 rings (SSSR count). The fourth-order valence-electron chi connectivity index (χ4n) is 4.07. The van der Waals surface area contributed by atoms with E-state index >= 15 is 0 Å². The summed E-state index contributed by atoms with van der Waals surface area (Å²) in [5.41, 5.74) is 2.20. The van der Waals surface area contributed by atoms with E-state index in [4.69, 9.17) is 34.0 Å². The Morgan fingerprint density at radius 1 is 1.00 bits per heavy atom. The molecule has 0 unspecified atom stereocenters. The highest BCUT2D eigenvalue weighted by atomic mass is 19.4. The second kappa shape index (κ2) is 14.8. The molecule has 1 aromatic heterocycles. The van der Waals surface area contributed by atoms with Crippen LogP contribution in [0.3, 0.4) is 0 Å². The lowest BCUT2D eigenvalue weighted by molar-refractivity contribution is -0.193. The maximum Gasteiger partial charge on any atom is 0.490 e. The minimum atomic E-state index is -5.08. The van der Waals surface area contributed by atoms with E-state index in [0.29, 0.717) is 12.6 Å². The highest BCUT2D eigenvalue weighted by molar-refractivity contribution is 5.73. The summed E-state index contributed by atoms with van der Waals surface area (Å²) in [6.07, 6.45) is -6.05. The zero-order valence-corrected chi connectivity index (χ0v) is 21.2. The number of aromatic nitrogens is 1. The van der Waals surface area contributed by atoms with Crippen molar-refractivity contribution in [2.75, 3.05) is 20.3 Å². The number of nitrogens with zero attached hydrogens (tertiary/aromatic N) is 2. The Morgan fingerprint density at radius 2 is 1.60 bits per heavy atom. The van der Waals surface area contributed by atoms with Crippen molar-refractivity contribution in [1.82, 2.24) is 9.88 Å². The van der Waals surface area contributed by atoms with Crippen molar-refractivity contribution in [2.24, 2.45) is 0 Å². The first-order valence-electron chi connectivity index (χ1n) is 11.8. The van der Waals surface area contributed by atoms with Crippen molar-refractivity contribution in [2.45, 2.75) is 56.6 Å². The maximum atomic E-state index is 10.6. The van der Waals surface area contributed by atoms with Gasteiger partial charge in [0.2, 0.25) is 0 Å². The predicted octanol–water partition coefficient (Wildman–Crippen LogP) is 4.31. The summed E-state index contributed by atoms with van der Waals surface area (Å²) in [6, 6.07) is 14.6. The van der Waals surface area contributed by atoms with Crippen LogP contribution in [0, 0.1) is 0 Å². The molecule has 2 aliphatic rings. The average Bonchev–Trinajstić information content (AvgIpc) is 3.39. The Morgan fingerprint density at radius 3 is 2.15 bits per heavy atom. The van der Waals surface area contributed by atoms with Crippen molar-refractivity contribution < 1.29 is 60.4 Å². The first-order chi connectivity index (χ1) is 18.7. The Kier molecular flexibility index (Phi) is 12.1. The van der Waals surface area contributed by atoms with E-state index in [1.54, 1.807) is 7.11 Å². The van der Waals surface area contributed by atoms with Crippen molar-refractivity contribution in [3.63, 3.8) is 0 Å². The van der Waals surface area contributed by atoms with Gasteiger partial charge in [0.05, 0.1) is 31.6 Å². The van der Waals surface area contributed by atoms with Crippen LogP contribution in [0.25, 0.3) is 0 Å². The third-order valence-corrected chi connectivity index (χ3v) is 5.86. The first kappa shape index (κ1) is 32.8. The van der Waals surface area contributed by atoms with Crippen LogP contribution < -0.4 is 4.74 Å². The highest BCUT2D eigenvalue weighted by Gasteiger charge is 2.43. The van der Waals surface area contributed by atoms with Crippen LogP contribution in [-0.4, -0.2) is 82.9 Å². The molecule has 0 spiro atoms. The number of ether oxygens (including phenoxy) is 3. The van der Waals surface area contributed by atoms with Crippen molar-refractivity contribution in [3.8, 4) is 5.75 Å². The summed E-state index contributed by atoms with van der Waals surface area (Å²) in [5, 5.41) is 14.2. The molecule has 3 heterocycles. The topological polar surface area (TPSA) is 118 Å². The second-order valence-electron chi connectivity index (χ2n) is 8.54. The minimum absolute atomic E-state index is 0.137. The number of alkyl halides is 6. The molecule has 0 radical (unpaired) electrons. The molecule has 3 atom stereocenters. The lowest BCUT2D eigenvalue weighted by Gasteiger charge is -2.41. The Balaban J connectivity index is 0.000000333. The molecule has 2 aromatic rings. The standard InChI is InChI=1S/C21H26N2O3.2C2HF3O2/c1-24-19-8-3-2-6-16(19)14-23-12-9-20(21-18(23)10-13-25-21)26-15-17-7-4-5-11-22-17;2*3-2(4,5)1(6)7/h2-8,11,18,20-21H,9-10,12-15H2,1H3;2*(H,6,7)/t18-,20+,21-;;/m0../s1. The summed E-state index contributed by atoms with van der Waals surface area (Å²) >= 11 is 0. The number of methoxy groups -OCH3 is 1. The van der Waals surface area contributed by atoms with Gasteiger partial charge in [0.15, 0.2) is 0 Å². The molecular formula is C25H28F6N2O7. The molecule has 2 aliphatic heterocycles. The fourth-order valence-corrected chi connectivity index (χ4v) is 4.07. The van der Waals surface area contributed by atoms with Gasteiger partial charge in [0.25, 0.3) is 0 Å². The molecule has 15 heteroatoms. The predicted molar refractivity (Wildman–Crippen MR) is 126 cm³/mol. The zero-order valence-electron chi connectivity index (χ0n) is 21.2. The largest absolute Gasteiger partial charge is 0.496 e.